The number of H-pyrrole nitrogens is 2. The molecule has 10 amide bonds. The van der Waals surface area contributed by atoms with Crippen molar-refractivity contribution in [2.75, 3.05) is 11.5 Å². The van der Waals surface area contributed by atoms with E-state index in [1.807, 2.05) is 18.2 Å². The summed E-state index contributed by atoms with van der Waals surface area (Å²) in [5.41, 5.74) is 9.17. The fourth-order valence-electron chi connectivity index (χ4n) is 10.8. The molecule has 0 radical (unpaired) electrons. The van der Waals surface area contributed by atoms with Gasteiger partial charge in [0, 0.05) is 66.2 Å². The molecule has 29 nitrogen and oxygen atoms in total. The molecule has 3 aromatic carbocycles. The first-order valence-electron chi connectivity index (χ1n) is 32.9. The summed E-state index contributed by atoms with van der Waals surface area (Å²) >= 11 is 0. The van der Waals surface area contributed by atoms with Crippen LogP contribution in [0.2, 0.25) is 0 Å². The number of aromatic amines is 2. The minimum Gasteiger partial charge on any atom is -0.508 e. The van der Waals surface area contributed by atoms with Crippen molar-refractivity contribution in [2.45, 2.75) is 173 Å². The third-order valence-corrected chi connectivity index (χ3v) is 19.4. The molecule has 13 atom stereocenters. The van der Waals surface area contributed by atoms with E-state index in [4.69, 9.17) is 5.73 Å². The van der Waals surface area contributed by atoms with Crippen LogP contribution in [0.25, 0.3) is 10.9 Å². The Labute approximate surface area is 581 Å². The minimum absolute atomic E-state index is 0.0520. The molecule has 0 bridgehead atoms. The first kappa shape index (κ1) is 78.5. The lowest BCUT2D eigenvalue weighted by Gasteiger charge is -2.31. The molecule has 1 saturated heterocycles. The number of amides is 10. The number of fused-ring (bicyclic) bond motifs is 1. The van der Waals surface area contributed by atoms with Gasteiger partial charge in [-0.2, -0.15) is 0 Å². The zero-order chi connectivity index (χ0) is 72.6. The van der Waals surface area contributed by atoms with Gasteiger partial charge in [-0.3, -0.25) is 52.7 Å². The number of phenolic OH excluding ortho intramolecular Hbond substituents is 1. The average Bonchev–Trinajstić information content (AvgIpc) is 1.78. The van der Waals surface area contributed by atoms with Crippen molar-refractivity contribution in [1.29, 1.82) is 0 Å². The van der Waals surface area contributed by atoms with Crippen LogP contribution in [0.15, 0.2) is 97.6 Å². The van der Waals surface area contributed by atoms with Gasteiger partial charge in [0.25, 0.3) is 0 Å². The number of imidazole rings is 1. The van der Waals surface area contributed by atoms with Gasteiger partial charge in [-0.25, -0.2) is 9.78 Å². The molecule has 1 fully saturated rings. The number of rotatable bonds is 30. The van der Waals surface area contributed by atoms with Gasteiger partial charge < -0.3 is 84.2 Å². The molecule has 536 valence electrons. The molecule has 17 N–H and O–H groups in total. The van der Waals surface area contributed by atoms with Crippen LogP contribution in [0.3, 0.4) is 0 Å². The smallest absolute Gasteiger partial charge is 0.326 e. The molecule has 1 aliphatic rings. The Bertz CT molecular complexity index is 3600. The summed E-state index contributed by atoms with van der Waals surface area (Å²) < 4.78 is 0. The summed E-state index contributed by atoms with van der Waals surface area (Å²) in [6, 6.07) is 6.02. The molecule has 0 spiro atoms. The van der Waals surface area contributed by atoms with Crippen LogP contribution in [0.5, 0.6) is 5.75 Å². The zero-order valence-corrected chi connectivity index (χ0v) is 58.2. The maximum absolute atomic E-state index is 14.9. The standard InChI is InChI=1S/C68H92N14O15S2/c1-9-37(7)56(66(94)78-52(68(96)97)27-41-30-71-46-19-15-14-18-44(41)46)82-67(95)57(38(8)10-2)81-63(91)51(29-54(84)85)76-59(87)47(24-35(3)4)73-62(90)50(28-42-31-70-34-72-42)75-64(92)53-33-99-98-32-45(69)58(86)80-55(36(5)6)65(93)77-49(26-40-20-22-43(83)23-21-40)60(88)74-48(61(89)79-53)25-39-16-12-11-13-17-39/h11-23,30-31,34-38,45,47-53,55-57,71,83H,9-10,24-29,32-33,69H2,1-8H3,(H,70,72)(H,73,90)(H,74,88)(H,75,92)(H,76,87)(H,77,93)(H,78,94)(H,79,89)(H,80,86)(H,81,91)(H,82,95)(H,84,85)(H,96,97)/t37-,38-,45-,47-,48?,49-,50-,51-,52-,53?,55-,56-,57-/m0/s1. The van der Waals surface area contributed by atoms with E-state index in [1.54, 1.807) is 110 Å². The lowest BCUT2D eigenvalue weighted by Crippen LogP contribution is -2.62. The first-order valence-corrected chi connectivity index (χ1v) is 35.4. The van der Waals surface area contributed by atoms with E-state index >= 15 is 0 Å². The predicted octanol–water partition coefficient (Wildman–Crippen LogP) is 1.79. The third-order valence-electron chi connectivity index (χ3n) is 17.0. The van der Waals surface area contributed by atoms with Crippen molar-refractivity contribution in [2.24, 2.45) is 29.4 Å². The van der Waals surface area contributed by atoms with Crippen LogP contribution in [0.4, 0.5) is 0 Å². The number of aromatic nitrogens is 3. The summed E-state index contributed by atoms with van der Waals surface area (Å²) in [7, 11) is 2.11. The molecule has 2 unspecified atom stereocenters. The zero-order valence-electron chi connectivity index (χ0n) is 56.6. The van der Waals surface area contributed by atoms with Crippen LogP contribution >= 0.6 is 21.6 Å². The van der Waals surface area contributed by atoms with Gasteiger partial charge in [0.2, 0.25) is 59.1 Å². The second kappa shape index (κ2) is 38.0. The van der Waals surface area contributed by atoms with Gasteiger partial charge in [-0.05, 0) is 65.0 Å². The van der Waals surface area contributed by atoms with E-state index in [0.29, 0.717) is 28.8 Å². The number of carbonyl (C=O) groups is 12. The molecule has 3 heterocycles. The quantitative estimate of drug-likeness (QED) is 0.0291. The van der Waals surface area contributed by atoms with E-state index in [-0.39, 0.29) is 61.7 Å². The molecule has 99 heavy (non-hydrogen) atoms. The largest absolute Gasteiger partial charge is 0.508 e. The molecule has 2 aromatic heterocycles. The van der Waals surface area contributed by atoms with E-state index in [1.165, 1.54) is 24.7 Å². The number of carboxylic acids is 2. The van der Waals surface area contributed by atoms with Gasteiger partial charge in [-0.1, -0.05) is 150 Å². The predicted molar refractivity (Wildman–Crippen MR) is 372 cm³/mol. The molecule has 31 heteroatoms. The number of para-hydroxylation sites is 1. The minimum atomic E-state index is -1.87. The maximum Gasteiger partial charge on any atom is 0.326 e. The fourth-order valence-corrected chi connectivity index (χ4v) is 13.1. The first-order chi connectivity index (χ1) is 47.0. The maximum atomic E-state index is 14.9. The lowest BCUT2D eigenvalue weighted by molar-refractivity contribution is -0.142. The molecular weight excluding hydrogens is 1320 g/mol. The Morgan fingerprint density at radius 1 is 0.586 bits per heavy atom. The highest BCUT2D eigenvalue weighted by atomic mass is 33.1. The Hall–Kier alpha value is -9.49. The monoisotopic (exact) mass is 1410 g/mol. The number of nitrogens with two attached hydrogens (primary N) is 1. The number of carboxylic acid groups (broad SMARTS) is 2. The van der Waals surface area contributed by atoms with Crippen LogP contribution in [-0.2, 0) is 83.2 Å². The van der Waals surface area contributed by atoms with Crippen LogP contribution in [0, 0.1) is 23.7 Å². The van der Waals surface area contributed by atoms with Crippen molar-refractivity contribution in [3.8, 4) is 5.75 Å². The molecule has 0 saturated carbocycles. The van der Waals surface area contributed by atoms with Gasteiger partial charge in [0.05, 0.1) is 18.8 Å². The number of aromatic hydroxyl groups is 1. The topological polar surface area (TPSA) is 456 Å². The Kier molecular flexibility index (Phi) is 30.2. The number of hydrogen-bond acceptors (Lipinski definition) is 17. The van der Waals surface area contributed by atoms with E-state index in [2.05, 4.69) is 68.1 Å². The molecule has 6 rings (SSSR count). The summed E-state index contributed by atoms with van der Waals surface area (Å²) in [6.45, 7) is 13.6. The van der Waals surface area contributed by atoms with Crippen molar-refractivity contribution >= 4 is 104 Å². The molecule has 5 aromatic rings. The van der Waals surface area contributed by atoms with Gasteiger partial charge >= 0.3 is 11.9 Å². The van der Waals surface area contributed by atoms with Gasteiger partial charge in [0.1, 0.15) is 66.2 Å². The molecule has 1 aliphatic heterocycles. The normalized spacial score (nSPS) is 19.7. The Morgan fingerprint density at radius 2 is 1.13 bits per heavy atom. The van der Waals surface area contributed by atoms with Crippen molar-refractivity contribution in [1.82, 2.24) is 68.1 Å². The van der Waals surface area contributed by atoms with E-state index in [9.17, 15) is 72.9 Å². The highest BCUT2D eigenvalue weighted by Crippen LogP contribution is 2.25. The van der Waals surface area contributed by atoms with E-state index in [0.717, 1.165) is 32.5 Å². The fraction of sp³-hybridized carbons (Fsp3) is 0.485. The number of hydrogen-bond donors (Lipinski definition) is 16. The number of carbonyl (C=O) groups excluding carboxylic acids is 10. The SMILES string of the molecule is CC[C@H](C)[C@H](NC(=O)[C@H](CC(=O)O)NC(=O)[C@H](CC(C)C)NC(=O)[C@H](Cc1cnc[nH]1)NC(=O)C1CSSC[C@H](N)C(=O)N[C@@H](C(C)C)C(=O)N[C@@H](Cc2ccc(O)cc2)C(=O)NC(Cc2ccccc2)C(=O)N1)C(=O)N[C@H](C(=O)N[C@@H](Cc1c[nH]c2ccccc12)C(=O)O)[C@@H](C)CC. The second-order valence-corrected chi connectivity index (χ2v) is 28.1. The number of nitrogens with zero attached hydrogens (tertiary/aromatic N) is 1. The van der Waals surface area contributed by atoms with Crippen molar-refractivity contribution in [3.05, 3.63) is 120 Å². The number of aliphatic carboxylic acids is 2. The average molecular weight is 1410 g/mol. The van der Waals surface area contributed by atoms with Crippen LogP contribution in [-0.4, -0.2) is 179 Å². The summed E-state index contributed by atoms with van der Waals surface area (Å²) in [5.74, 6) is -14.0. The van der Waals surface area contributed by atoms with Crippen LogP contribution in [0.1, 0.15) is 103 Å². The number of phenols is 1. The highest BCUT2D eigenvalue weighted by molar-refractivity contribution is 8.76. The van der Waals surface area contributed by atoms with Gasteiger partial charge in [-0.15, -0.1) is 0 Å². The van der Waals surface area contributed by atoms with Crippen LogP contribution < -0.4 is 58.9 Å². The second-order valence-electron chi connectivity index (χ2n) is 25.5. The van der Waals surface area contributed by atoms with E-state index < -0.39 is 162 Å². The lowest BCUT2D eigenvalue weighted by atomic mass is 9.94. The summed E-state index contributed by atoms with van der Waals surface area (Å²) in [6.07, 6.45) is 3.23. The third kappa shape index (κ3) is 23.9. The molecule has 0 aliphatic carbocycles. The number of nitrogens with one attached hydrogen (secondary N) is 12. The Balaban J connectivity index is 1.24. The van der Waals surface area contributed by atoms with Crippen molar-refractivity contribution < 1.29 is 72.9 Å². The highest BCUT2D eigenvalue weighted by Gasteiger charge is 2.39. The Morgan fingerprint density at radius 3 is 1.73 bits per heavy atom. The number of benzene rings is 3. The summed E-state index contributed by atoms with van der Waals surface area (Å²) in [4.78, 5) is 179. The van der Waals surface area contributed by atoms with Crippen molar-refractivity contribution in [3.63, 3.8) is 0 Å². The summed E-state index contributed by atoms with van der Waals surface area (Å²) in [5, 5.41) is 57.8. The van der Waals surface area contributed by atoms with Gasteiger partial charge in [0.15, 0.2) is 0 Å². The molecular formula is C68H92N14O15S2.